The van der Waals surface area contributed by atoms with Gasteiger partial charge in [0, 0.05) is 0 Å². The maximum Gasteiger partial charge on any atom is 0.268 e. The highest BCUT2D eigenvalue weighted by atomic mass is 16.5. The van der Waals surface area contributed by atoms with Crippen molar-refractivity contribution in [2.75, 3.05) is 0 Å². The van der Waals surface area contributed by atoms with E-state index >= 15 is 0 Å². The fraction of sp³-hybridized carbons (Fsp3) is 0.600. The van der Waals surface area contributed by atoms with Crippen LogP contribution < -0.4 is 10.8 Å². The van der Waals surface area contributed by atoms with Crippen LogP contribution in [0.4, 0.5) is 0 Å². The molecule has 2 unspecified atom stereocenters. The van der Waals surface area contributed by atoms with Crippen molar-refractivity contribution < 1.29 is 19.9 Å². The van der Waals surface area contributed by atoms with E-state index < -0.39 is 18.1 Å². The molecule has 0 bridgehead atoms. The van der Waals surface area contributed by atoms with E-state index in [1.54, 1.807) is 0 Å². The monoisotopic (exact) mass is 162 g/mol. The Balaban J connectivity index is 4.08. The number of amides is 2. The molecule has 0 aliphatic heterocycles. The summed E-state index contributed by atoms with van der Waals surface area (Å²) in [7, 11) is 0. The predicted octanol–water partition coefficient (Wildman–Crippen LogP) is -2.01. The molecule has 0 saturated carbocycles. The van der Waals surface area contributed by atoms with E-state index in [4.69, 9.17) is 10.3 Å². The Morgan fingerprint density at radius 2 is 2.18 bits per heavy atom. The van der Waals surface area contributed by atoms with Gasteiger partial charge in [-0.05, 0) is 6.92 Å². The third-order valence-corrected chi connectivity index (χ3v) is 1.12. The second-order valence-electron chi connectivity index (χ2n) is 1.98. The molecule has 0 saturated heterocycles. The van der Waals surface area contributed by atoms with Gasteiger partial charge in [0.05, 0.1) is 6.10 Å². The van der Waals surface area contributed by atoms with Crippen molar-refractivity contribution in [2.45, 2.75) is 19.1 Å². The van der Waals surface area contributed by atoms with Crippen LogP contribution in [0.5, 0.6) is 0 Å². The first-order valence-electron chi connectivity index (χ1n) is 2.95. The zero-order chi connectivity index (χ0) is 8.85. The van der Waals surface area contributed by atoms with Gasteiger partial charge in [-0.3, -0.25) is 14.8 Å². The SMILES string of the molecule is CC(O)C(NC=O)C(=O)NO. The molecule has 0 rings (SSSR count). The van der Waals surface area contributed by atoms with Gasteiger partial charge in [-0.15, -0.1) is 0 Å². The first-order chi connectivity index (χ1) is 5.13. The fourth-order valence-electron chi connectivity index (χ4n) is 0.577. The lowest BCUT2D eigenvalue weighted by Crippen LogP contribution is -2.49. The summed E-state index contributed by atoms with van der Waals surface area (Å²) < 4.78 is 0. The molecule has 0 aromatic heterocycles. The molecule has 0 spiro atoms. The smallest absolute Gasteiger partial charge is 0.268 e. The van der Waals surface area contributed by atoms with Crippen molar-refractivity contribution in [2.24, 2.45) is 0 Å². The fourth-order valence-corrected chi connectivity index (χ4v) is 0.577. The van der Waals surface area contributed by atoms with Crippen molar-refractivity contribution in [3.63, 3.8) is 0 Å². The summed E-state index contributed by atoms with van der Waals surface area (Å²) in [6, 6.07) is -1.11. The number of hydrogen-bond donors (Lipinski definition) is 4. The third kappa shape index (κ3) is 2.96. The number of aliphatic hydroxyl groups is 1. The van der Waals surface area contributed by atoms with Crippen LogP contribution in [0.3, 0.4) is 0 Å². The quantitative estimate of drug-likeness (QED) is 0.218. The van der Waals surface area contributed by atoms with Gasteiger partial charge in [-0.25, -0.2) is 5.48 Å². The van der Waals surface area contributed by atoms with E-state index in [-0.39, 0.29) is 6.41 Å². The second kappa shape index (κ2) is 4.64. The first kappa shape index (κ1) is 9.86. The number of nitrogens with one attached hydrogen (secondary N) is 2. The predicted molar refractivity (Wildman–Crippen MR) is 34.6 cm³/mol. The highest BCUT2D eigenvalue weighted by Crippen LogP contribution is 1.90. The maximum absolute atomic E-state index is 10.6. The largest absolute Gasteiger partial charge is 0.391 e. The van der Waals surface area contributed by atoms with E-state index in [9.17, 15) is 9.59 Å². The molecule has 6 nitrogen and oxygen atoms in total. The maximum atomic E-state index is 10.6. The molecular formula is C5H10N2O4. The van der Waals surface area contributed by atoms with Crippen molar-refractivity contribution in [1.29, 1.82) is 0 Å². The number of rotatable bonds is 4. The van der Waals surface area contributed by atoms with Crippen molar-refractivity contribution in [3.8, 4) is 0 Å². The van der Waals surface area contributed by atoms with Crippen LogP contribution in [0.1, 0.15) is 6.92 Å². The average molecular weight is 162 g/mol. The molecule has 64 valence electrons. The zero-order valence-corrected chi connectivity index (χ0v) is 5.94. The minimum atomic E-state index is -1.11. The number of carbonyl (C=O) groups excluding carboxylic acids is 2. The number of carbonyl (C=O) groups is 2. The zero-order valence-electron chi connectivity index (χ0n) is 5.94. The summed E-state index contributed by atoms with van der Waals surface area (Å²) >= 11 is 0. The first-order valence-corrected chi connectivity index (χ1v) is 2.95. The third-order valence-electron chi connectivity index (χ3n) is 1.12. The van der Waals surface area contributed by atoms with Crippen LogP contribution in [-0.2, 0) is 9.59 Å². The Bertz CT molecular complexity index is 147. The Hall–Kier alpha value is -1.14. The summed E-state index contributed by atoms with van der Waals surface area (Å²) in [6.45, 7) is 1.32. The van der Waals surface area contributed by atoms with Crippen LogP contribution in [0.25, 0.3) is 0 Å². The minimum Gasteiger partial charge on any atom is -0.391 e. The summed E-state index contributed by atoms with van der Waals surface area (Å²) in [5.74, 6) is -0.855. The lowest BCUT2D eigenvalue weighted by Gasteiger charge is -2.15. The number of hydroxylamine groups is 1. The van der Waals surface area contributed by atoms with Crippen molar-refractivity contribution in [1.82, 2.24) is 10.8 Å². The van der Waals surface area contributed by atoms with Crippen LogP contribution in [0.15, 0.2) is 0 Å². The molecule has 2 amide bonds. The normalized spacial score (nSPS) is 14.8. The minimum absolute atomic E-state index is 0.270. The Morgan fingerprint density at radius 1 is 1.64 bits per heavy atom. The molecular weight excluding hydrogens is 152 g/mol. The second-order valence-corrected chi connectivity index (χ2v) is 1.98. The van der Waals surface area contributed by atoms with Gasteiger partial charge in [0.1, 0.15) is 6.04 Å². The summed E-state index contributed by atoms with van der Waals surface area (Å²) in [5.41, 5.74) is 1.31. The molecule has 11 heavy (non-hydrogen) atoms. The topological polar surface area (TPSA) is 98.7 Å². The molecule has 0 aromatic rings. The lowest BCUT2D eigenvalue weighted by molar-refractivity contribution is -0.135. The highest BCUT2D eigenvalue weighted by molar-refractivity contribution is 5.83. The van der Waals surface area contributed by atoms with Gasteiger partial charge in [-0.1, -0.05) is 0 Å². The van der Waals surface area contributed by atoms with E-state index in [0.717, 1.165) is 0 Å². The van der Waals surface area contributed by atoms with E-state index in [0.29, 0.717) is 0 Å². The summed E-state index contributed by atoms with van der Waals surface area (Å²) in [5, 5.41) is 19.0. The Labute approximate surface area is 63.2 Å². The van der Waals surface area contributed by atoms with Gasteiger partial charge in [0.25, 0.3) is 5.91 Å². The van der Waals surface area contributed by atoms with Gasteiger partial charge < -0.3 is 10.4 Å². The highest BCUT2D eigenvalue weighted by Gasteiger charge is 2.21. The molecule has 0 fully saturated rings. The lowest BCUT2D eigenvalue weighted by atomic mass is 10.2. The van der Waals surface area contributed by atoms with E-state index in [1.165, 1.54) is 12.4 Å². The summed E-state index contributed by atoms with van der Waals surface area (Å²) in [4.78, 5) is 20.5. The molecule has 0 aromatic carbocycles. The molecule has 0 aliphatic carbocycles. The van der Waals surface area contributed by atoms with Gasteiger partial charge in [-0.2, -0.15) is 0 Å². The molecule has 0 aliphatic rings. The van der Waals surface area contributed by atoms with Crippen molar-refractivity contribution in [3.05, 3.63) is 0 Å². The van der Waals surface area contributed by atoms with Crippen LogP contribution in [-0.4, -0.2) is 34.8 Å². The van der Waals surface area contributed by atoms with Crippen LogP contribution in [0.2, 0.25) is 0 Å². The molecule has 0 heterocycles. The van der Waals surface area contributed by atoms with E-state index in [1.807, 2.05) is 5.32 Å². The van der Waals surface area contributed by atoms with Crippen molar-refractivity contribution >= 4 is 12.3 Å². The average Bonchev–Trinajstić information content (AvgIpc) is 1.98. The number of aliphatic hydroxyl groups excluding tert-OH is 1. The van der Waals surface area contributed by atoms with Gasteiger partial charge >= 0.3 is 0 Å². The molecule has 2 atom stereocenters. The molecule has 4 N–H and O–H groups in total. The Morgan fingerprint density at radius 3 is 2.45 bits per heavy atom. The van der Waals surface area contributed by atoms with Gasteiger partial charge in [0.15, 0.2) is 0 Å². The summed E-state index contributed by atoms with van der Waals surface area (Å²) in [6.07, 6.45) is -0.778. The molecule has 0 radical (unpaired) electrons. The Kier molecular flexibility index (Phi) is 4.16. The molecule has 6 heteroatoms. The number of hydrogen-bond acceptors (Lipinski definition) is 4. The van der Waals surface area contributed by atoms with E-state index in [2.05, 4.69) is 0 Å². The van der Waals surface area contributed by atoms with Gasteiger partial charge in [0.2, 0.25) is 6.41 Å². The standard InChI is InChI=1S/C5H10N2O4/c1-3(9)4(6-2-8)5(10)7-11/h2-4,9,11H,1H3,(H,6,8)(H,7,10). The van der Waals surface area contributed by atoms with Crippen LogP contribution >= 0.6 is 0 Å². The van der Waals surface area contributed by atoms with Crippen LogP contribution in [0, 0.1) is 0 Å².